The van der Waals surface area contributed by atoms with Gasteiger partial charge in [-0.15, -0.1) is 0 Å². The lowest BCUT2D eigenvalue weighted by molar-refractivity contribution is 0.0914. The fourth-order valence-electron chi connectivity index (χ4n) is 1.54. The van der Waals surface area contributed by atoms with Gasteiger partial charge in [0.25, 0.3) is 5.91 Å². The van der Waals surface area contributed by atoms with Crippen LogP contribution in [0.15, 0.2) is 18.2 Å². The summed E-state index contributed by atoms with van der Waals surface area (Å²) < 4.78 is 0. The molecule has 0 atom stereocenters. The number of rotatable bonds is 0. The van der Waals surface area contributed by atoms with Gasteiger partial charge < -0.3 is 10.6 Å². The maximum atomic E-state index is 11.6. The molecular formula is C10H11ClN2O. The van der Waals surface area contributed by atoms with E-state index in [9.17, 15) is 4.79 Å². The molecule has 14 heavy (non-hydrogen) atoms. The monoisotopic (exact) mass is 210 g/mol. The van der Waals surface area contributed by atoms with Crippen molar-refractivity contribution in [3.05, 3.63) is 28.8 Å². The molecule has 1 amide bonds. The van der Waals surface area contributed by atoms with Crippen LogP contribution in [0.25, 0.3) is 0 Å². The van der Waals surface area contributed by atoms with Crippen LogP contribution in [0.1, 0.15) is 24.2 Å². The molecule has 1 aliphatic heterocycles. The Morgan fingerprint density at radius 3 is 2.71 bits per heavy atom. The molecule has 2 rings (SSSR count). The summed E-state index contributed by atoms with van der Waals surface area (Å²) in [5.74, 6) is -0.0691. The summed E-state index contributed by atoms with van der Waals surface area (Å²) in [6.45, 7) is 3.80. The molecule has 3 nitrogen and oxygen atoms in total. The molecule has 0 bridgehead atoms. The zero-order valence-corrected chi connectivity index (χ0v) is 8.77. The van der Waals surface area contributed by atoms with E-state index in [4.69, 9.17) is 11.6 Å². The average molecular weight is 211 g/mol. The number of amides is 1. The fourth-order valence-corrected chi connectivity index (χ4v) is 1.71. The largest absolute Gasteiger partial charge is 0.363 e. The summed E-state index contributed by atoms with van der Waals surface area (Å²) >= 11 is 5.85. The second-order valence-electron chi connectivity index (χ2n) is 3.89. The minimum absolute atomic E-state index is 0.0691. The van der Waals surface area contributed by atoms with Crippen molar-refractivity contribution in [1.82, 2.24) is 5.32 Å². The Kier molecular flexibility index (Phi) is 1.93. The zero-order chi connectivity index (χ0) is 10.3. The first kappa shape index (κ1) is 9.34. The van der Waals surface area contributed by atoms with Crippen LogP contribution >= 0.6 is 11.6 Å². The number of nitrogens with one attached hydrogen (secondary N) is 2. The SMILES string of the molecule is CC1(C)NC(=O)c2ccc(Cl)cc2N1. The lowest BCUT2D eigenvalue weighted by Gasteiger charge is -2.34. The van der Waals surface area contributed by atoms with E-state index < -0.39 is 5.66 Å². The molecule has 1 aromatic carbocycles. The van der Waals surface area contributed by atoms with Crippen LogP contribution in [0.4, 0.5) is 5.69 Å². The van der Waals surface area contributed by atoms with Crippen molar-refractivity contribution < 1.29 is 4.79 Å². The summed E-state index contributed by atoms with van der Waals surface area (Å²) in [7, 11) is 0. The van der Waals surface area contributed by atoms with Gasteiger partial charge in [-0.25, -0.2) is 0 Å². The van der Waals surface area contributed by atoms with Gasteiger partial charge in [0.1, 0.15) is 5.66 Å². The lowest BCUT2D eigenvalue weighted by atomic mass is 10.1. The number of carbonyl (C=O) groups is 1. The Morgan fingerprint density at radius 2 is 2.00 bits per heavy atom. The summed E-state index contributed by atoms with van der Waals surface area (Å²) in [4.78, 5) is 11.6. The van der Waals surface area contributed by atoms with Crippen molar-refractivity contribution >= 4 is 23.2 Å². The molecule has 0 unspecified atom stereocenters. The molecule has 0 saturated heterocycles. The van der Waals surface area contributed by atoms with Crippen molar-refractivity contribution in [2.24, 2.45) is 0 Å². The molecule has 1 aromatic rings. The third-order valence-corrected chi connectivity index (χ3v) is 2.33. The van der Waals surface area contributed by atoms with Gasteiger partial charge in [-0.2, -0.15) is 0 Å². The highest BCUT2D eigenvalue weighted by atomic mass is 35.5. The van der Waals surface area contributed by atoms with Gasteiger partial charge in [0, 0.05) is 5.02 Å². The summed E-state index contributed by atoms with van der Waals surface area (Å²) in [6.07, 6.45) is 0. The number of halogens is 1. The van der Waals surface area contributed by atoms with Crippen LogP contribution in [-0.2, 0) is 0 Å². The Morgan fingerprint density at radius 1 is 1.29 bits per heavy atom. The van der Waals surface area contributed by atoms with Crippen LogP contribution in [0.3, 0.4) is 0 Å². The van der Waals surface area contributed by atoms with E-state index in [1.165, 1.54) is 0 Å². The van der Waals surface area contributed by atoms with E-state index in [1.807, 2.05) is 13.8 Å². The van der Waals surface area contributed by atoms with E-state index in [1.54, 1.807) is 18.2 Å². The Hall–Kier alpha value is -1.22. The second-order valence-corrected chi connectivity index (χ2v) is 4.33. The normalized spacial score (nSPS) is 18.1. The fraction of sp³-hybridized carbons (Fsp3) is 0.300. The van der Waals surface area contributed by atoms with Crippen molar-refractivity contribution in [2.45, 2.75) is 19.5 Å². The summed E-state index contributed by atoms with van der Waals surface area (Å²) in [5.41, 5.74) is 0.995. The average Bonchev–Trinajstić information content (AvgIpc) is 2.00. The molecule has 0 aromatic heterocycles. The standard InChI is InChI=1S/C10H11ClN2O/c1-10(2)12-8-5-6(11)3-4-7(8)9(14)13-10/h3-5,12H,1-2H3,(H,13,14). The first-order valence-corrected chi connectivity index (χ1v) is 4.76. The number of hydrogen-bond donors (Lipinski definition) is 2. The van der Waals surface area contributed by atoms with Gasteiger partial charge in [0.15, 0.2) is 0 Å². The molecular weight excluding hydrogens is 200 g/mol. The Bertz CT molecular complexity index is 401. The molecule has 0 aliphatic carbocycles. The van der Waals surface area contributed by atoms with Crippen molar-refractivity contribution in [2.75, 3.05) is 5.32 Å². The van der Waals surface area contributed by atoms with Gasteiger partial charge >= 0.3 is 0 Å². The van der Waals surface area contributed by atoms with Gasteiger partial charge in [-0.05, 0) is 32.0 Å². The first-order chi connectivity index (χ1) is 6.48. The van der Waals surface area contributed by atoms with Crippen molar-refractivity contribution in [3.8, 4) is 0 Å². The highest BCUT2D eigenvalue weighted by Crippen LogP contribution is 2.27. The van der Waals surface area contributed by atoms with Gasteiger partial charge in [-0.1, -0.05) is 11.6 Å². The van der Waals surface area contributed by atoms with Crippen LogP contribution < -0.4 is 10.6 Å². The Labute approximate surface area is 87.4 Å². The van der Waals surface area contributed by atoms with E-state index in [0.29, 0.717) is 10.6 Å². The smallest absolute Gasteiger partial charge is 0.255 e. The number of benzene rings is 1. The molecule has 0 radical (unpaired) electrons. The molecule has 74 valence electrons. The number of anilines is 1. The van der Waals surface area contributed by atoms with Crippen LogP contribution in [0, 0.1) is 0 Å². The number of carbonyl (C=O) groups excluding carboxylic acids is 1. The predicted molar refractivity (Wildman–Crippen MR) is 56.6 cm³/mol. The quantitative estimate of drug-likeness (QED) is 0.690. The number of hydrogen-bond acceptors (Lipinski definition) is 2. The maximum absolute atomic E-state index is 11.6. The third kappa shape index (κ3) is 1.55. The predicted octanol–water partition coefficient (Wildman–Crippen LogP) is 2.23. The highest BCUT2D eigenvalue weighted by molar-refractivity contribution is 6.31. The van der Waals surface area contributed by atoms with Crippen LogP contribution in [0.5, 0.6) is 0 Å². The maximum Gasteiger partial charge on any atom is 0.255 e. The van der Waals surface area contributed by atoms with Crippen molar-refractivity contribution in [1.29, 1.82) is 0 Å². The zero-order valence-electron chi connectivity index (χ0n) is 8.02. The topological polar surface area (TPSA) is 41.1 Å². The molecule has 1 heterocycles. The van der Waals surface area contributed by atoms with E-state index >= 15 is 0 Å². The van der Waals surface area contributed by atoms with Crippen LogP contribution in [0.2, 0.25) is 5.02 Å². The minimum atomic E-state index is -0.422. The first-order valence-electron chi connectivity index (χ1n) is 4.38. The summed E-state index contributed by atoms with van der Waals surface area (Å²) in [6, 6.07) is 5.19. The lowest BCUT2D eigenvalue weighted by Crippen LogP contribution is -2.53. The summed E-state index contributed by atoms with van der Waals surface area (Å²) in [5, 5.41) is 6.66. The second kappa shape index (κ2) is 2.89. The molecule has 1 aliphatic rings. The molecule has 0 fully saturated rings. The molecule has 4 heteroatoms. The molecule has 0 spiro atoms. The van der Waals surface area contributed by atoms with Gasteiger partial charge in [0.05, 0.1) is 11.3 Å². The van der Waals surface area contributed by atoms with E-state index in [0.717, 1.165) is 5.69 Å². The minimum Gasteiger partial charge on any atom is -0.363 e. The Balaban J connectivity index is 2.51. The van der Waals surface area contributed by atoms with Crippen LogP contribution in [-0.4, -0.2) is 11.6 Å². The highest BCUT2D eigenvalue weighted by Gasteiger charge is 2.28. The third-order valence-electron chi connectivity index (χ3n) is 2.10. The molecule has 2 N–H and O–H groups in total. The van der Waals surface area contributed by atoms with Gasteiger partial charge in [-0.3, -0.25) is 4.79 Å². The van der Waals surface area contributed by atoms with E-state index in [-0.39, 0.29) is 5.91 Å². The molecule has 0 saturated carbocycles. The van der Waals surface area contributed by atoms with E-state index in [2.05, 4.69) is 10.6 Å². The van der Waals surface area contributed by atoms with Gasteiger partial charge in [0.2, 0.25) is 0 Å². The van der Waals surface area contributed by atoms with Crippen molar-refractivity contribution in [3.63, 3.8) is 0 Å². The number of fused-ring (bicyclic) bond motifs is 1.